The van der Waals surface area contributed by atoms with Gasteiger partial charge in [0, 0.05) is 37.3 Å². The Hall–Kier alpha value is -2.86. The predicted molar refractivity (Wildman–Crippen MR) is 108 cm³/mol. The molecule has 4 rings (SSSR count). The van der Waals surface area contributed by atoms with E-state index in [0.29, 0.717) is 24.5 Å². The number of aromatic nitrogens is 2. The minimum atomic E-state index is -0.290. The van der Waals surface area contributed by atoms with Gasteiger partial charge in [-0.25, -0.2) is 4.39 Å². The van der Waals surface area contributed by atoms with Crippen LogP contribution < -0.4 is 4.90 Å². The number of carbonyl (C=O) groups excluding carboxylic acids is 1. The summed E-state index contributed by atoms with van der Waals surface area (Å²) in [5.41, 5.74) is 2.78. The zero-order valence-corrected chi connectivity index (χ0v) is 16.0. The minimum Gasteiger partial charge on any atom is -0.352 e. The summed E-state index contributed by atoms with van der Waals surface area (Å²) in [5, 5.41) is 8.18. The van der Waals surface area contributed by atoms with Gasteiger partial charge in [0.25, 0.3) is 0 Å². The average molecular weight is 399 g/mol. The number of nitrogens with zero attached hydrogens (tertiary/aromatic N) is 3. The third-order valence-corrected chi connectivity index (χ3v) is 5.20. The smallest absolute Gasteiger partial charge is 0.227 e. The minimum absolute atomic E-state index is 0.0649. The second-order valence-electron chi connectivity index (χ2n) is 6.82. The number of rotatable bonds is 4. The molecular weight excluding hydrogens is 379 g/mol. The molecule has 1 N–H and O–H groups in total. The first-order chi connectivity index (χ1) is 13.6. The van der Waals surface area contributed by atoms with Gasteiger partial charge in [0.15, 0.2) is 5.82 Å². The average Bonchev–Trinajstić information content (AvgIpc) is 3.20. The van der Waals surface area contributed by atoms with Gasteiger partial charge in [-0.15, -0.1) is 0 Å². The van der Waals surface area contributed by atoms with Crippen molar-refractivity contribution in [2.75, 3.05) is 31.1 Å². The Labute approximate surface area is 167 Å². The fraction of sp³-hybridized carbons (Fsp3) is 0.238. The first-order valence-electron chi connectivity index (χ1n) is 9.17. The van der Waals surface area contributed by atoms with Crippen LogP contribution in [0.5, 0.6) is 0 Å². The third kappa shape index (κ3) is 4.17. The molecule has 1 amide bonds. The molecule has 0 unspecified atom stereocenters. The van der Waals surface area contributed by atoms with Crippen molar-refractivity contribution in [2.24, 2.45) is 0 Å². The SMILES string of the molecule is O=C(Cc1ccc(F)cc1)N1CCN(c2cc(-c3ccc(Cl)cc3)[nH]n2)CC1. The lowest BCUT2D eigenvalue weighted by atomic mass is 10.1. The number of piperazine rings is 1. The van der Waals surface area contributed by atoms with Crippen LogP contribution in [0.3, 0.4) is 0 Å². The predicted octanol–water partition coefficient (Wildman–Crippen LogP) is 3.76. The van der Waals surface area contributed by atoms with Crippen molar-refractivity contribution >= 4 is 23.3 Å². The molecule has 1 saturated heterocycles. The van der Waals surface area contributed by atoms with E-state index in [9.17, 15) is 9.18 Å². The quantitative estimate of drug-likeness (QED) is 0.728. The Bertz CT molecular complexity index is 947. The lowest BCUT2D eigenvalue weighted by molar-refractivity contribution is -0.130. The molecule has 1 aliphatic heterocycles. The summed E-state index contributed by atoms with van der Waals surface area (Å²) in [7, 11) is 0. The zero-order valence-electron chi connectivity index (χ0n) is 15.2. The number of aromatic amines is 1. The Kier molecular flexibility index (Phi) is 5.30. The lowest BCUT2D eigenvalue weighted by Gasteiger charge is -2.34. The number of H-pyrrole nitrogens is 1. The van der Waals surface area contributed by atoms with E-state index in [1.165, 1.54) is 12.1 Å². The number of hydrogen-bond donors (Lipinski definition) is 1. The van der Waals surface area contributed by atoms with E-state index < -0.39 is 0 Å². The van der Waals surface area contributed by atoms with Gasteiger partial charge in [-0.3, -0.25) is 9.89 Å². The maximum Gasteiger partial charge on any atom is 0.227 e. The van der Waals surface area contributed by atoms with Crippen molar-refractivity contribution < 1.29 is 9.18 Å². The van der Waals surface area contributed by atoms with Gasteiger partial charge in [0.05, 0.1) is 12.1 Å². The highest BCUT2D eigenvalue weighted by atomic mass is 35.5. The molecule has 1 aliphatic rings. The van der Waals surface area contributed by atoms with Crippen LogP contribution in [-0.2, 0) is 11.2 Å². The molecule has 0 atom stereocenters. The Morgan fingerprint density at radius 2 is 1.71 bits per heavy atom. The van der Waals surface area contributed by atoms with Crippen LogP contribution in [0.2, 0.25) is 5.02 Å². The van der Waals surface area contributed by atoms with Crippen molar-refractivity contribution in [1.29, 1.82) is 0 Å². The van der Waals surface area contributed by atoms with Gasteiger partial charge in [-0.2, -0.15) is 5.10 Å². The molecule has 0 radical (unpaired) electrons. The molecule has 5 nitrogen and oxygen atoms in total. The number of nitrogens with one attached hydrogen (secondary N) is 1. The van der Waals surface area contributed by atoms with E-state index in [4.69, 9.17) is 11.6 Å². The Morgan fingerprint density at radius 3 is 2.39 bits per heavy atom. The summed E-state index contributed by atoms with van der Waals surface area (Å²) < 4.78 is 13.0. The topological polar surface area (TPSA) is 52.2 Å². The van der Waals surface area contributed by atoms with Crippen molar-refractivity contribution in [3.8, 4) is 11.3 Å². The first-order valence-corrected chi connectivity index (χ1v) is 9.55. The van der Waals surface area contributed by atoms with Crippen molar-refractivity contribution in [3.63, 3.8) is 0 Å². The van der Waals surface area contributed by atoms with E-state index in [1.807, 2.05) is 35.2 Å². The third-order valence-electron chi connectivity index (χ3n) is 4.94. The summed E-state index contributed by atoms with van der Waals surface area (Å²) in [4.78, 5) is 16.5. The van der Waals surface area contributed by atoms with Gasteiger partial charge in [-0.05, 0) is 35.4 Å². The van der Waals surface area contributed by atoms with E-state index in [-0.39, 0.29) is 11.7 Å². The first kappa shape index (κ1) is 18.5. The van der Waals surface area contributed by atoms with Crippen LogP contribution in [0, 0.1) is 5.82 Å². The number of halogens is 2. The molecule has 1 aromatic heterocycles. The van der Waals surface area contributed by atoms with Crippen molar-refractivity contribution in [3.05, 3.63) is 71.0 Å². The fourth-order valence-corrected chi connectivity index (χ4v) is 3.45. The van der Waals surface area contributed by atoms with E-state index in [1.54, 1.807) is 12.1 Å². The van der Waals surface area contributed by atoms with E-state index in [2.05, 4.69) is 15.1 Å². The molecule has 0 bridgehead atoms. The molecule has 7 heteroatoms. The molecule has 0 spiro atoms. The normalized spacial score (nSPS) is 14.4. The van der Waals surface area contributed by atoms with Gasteiger partial charge in [0.1, 0.15) is 5.82 Å². The van der Waals surface area contributed by atoms with Crippen LogP contribution in [0.1, 0.15) is 5.56 Å². The molecule has 144 valence electrons. The molecule has 2 heterocycles. The highest BCUT2D eigenvalue weighted by Gasteiger charge is 2.22. The molecule has 1 fully saturated rings. The number of hydrogen-bond acceptors (Lipinski definition) is 3. The number of amides is 1. The van der Waals surface area contributed by atoms with Crippen molar-refractivity contribution in [1.82, 2.24) is 15.1 Å². The number of carbonyl (C=O) groups is 1. The van der Waals surface area contributed by atoms with Crippen molar-refractivity contribution in [2.45, 2.75) is 6.42 Å². The van der Waals surface area contributed by atoms with Gasteiger partial charge in [-0.1, -0.05) is 35.9 Å². The summed E-state index contributed by atoms with van der Waals surface area (Å²) in [5.74, 6) is 0.646. The molecule has 28 heavy (non-hydrogen) atoms. The summed E-state index contributed by atoms with van der Waals surface area (Å²) in [6.45, 7) is 2.73. The van der Waals surface area contributed by atoms with E-state index in [0.717, 1.165) is 35.7 Å². The van der Waals surface area contributed by atoms with E-state index >= 15 is 0 Å². The largest absolute Gasteiger partial charge is 0.352 e. The van der Waals surface area contributed by atoms with Crippen LogP contribution in [0.15, 0.2) is 54.6 Å². The summed E-state index contributed by atoms with van der Waals surface area (Å²) in [6, 6.07) is 15.7. The summed E-state index contributed by atoms with van der Waals surface area (Å²) >= 11 is 5.94. The van der Waals surface area contributed by atoms with Crippen LogP contribution in [0.4, 0.5) is 10.2 Å². The summed E-state index contributed by atoms with van der Waals surface area (Å²) in [6.07, 6.45) is 0.295. The maximum absolute atomic E-state index is 13.0. The second kappa shape index (κ2) is 8.02. The highest BCUT2D eigenvalue weighted by molar-refractivity contribution is 6.30. The standard InChI is InChI=1S/C21H20ClFN4O/c22-17-5-3-16(4-6-17)19-14-20(25-24-19)26-9-11-27(12-10-26)21(28)13-15-1-7-18(23)8-2-15/h1-8,14H,9-13H2,(H,24,25). The lowest BCUT2D eigenvalue weighted by Crippen LogP contribution is -2.49. The molecule has 0 aliphatic carbocycles. The molecule has 2 aromatic carbocycles. The van der Waals surface area contributed by atoms with Gasteiger partial charge in [0.2, 0.25) is 5.91 Å². The van der Waals surface area contributed by atoms with Crippen LogP contribution in [-0.4, -0.2) is 47.2 Å². The molecule has 3 aromatic rings. The number of benzene rings is 2. The number of anilines is 1. The Morgan fingerprint density at radius 1 is 1.04 bits per heavy atom. The monoisotopic (exact) mass is 398 g/mol. The second-order valence-corrected chi connectivity index (χ2v) is 7.25. The molecule has 0 saturated carbocycles. The Balaban J connectivity index is 1.34. The van der Waals surface area contributed by atoms with Crippen LogP contribution in [0.25, 0.3) is 11.3 Å². The fourth-order valence-electron chi connectivity index (χ4n) is 3.32. The van der Waals surface area contributed by atoms with Crippen LogP contribution >= 0.6 is 11.6 Å². The van der Waals surface area contributed by atoms with Gasteiger partial charge >= 0.3 is 0 Å². The zero-order chi connectivity index (χ0) is 19.5. The maximum atomic E-state index is 13.0. The highest BCUT2D eigenvalue weighted by Crippen LogP contribution is 2.24. The molecular formula is C21H20ClFN4O. The van der Waals surface area contributed by atoms with Gasteiger partial charge < -0.3 is 9.80 Å².